The fourth-order valence-electron chi connectivity index (χ4n) is 7.51. The van der Waals surface area contributed by atoms with Crippen LogP contribution in [0.25, 0.3) is 6.08 Å². The van der Waals surface area contributed by atoms with Gasteiger partial charge in [0.2, 0.25) is 11.8 Å². The summed E-state index contributed by atoms with van der Waals surface area (Å²) in [5, 5.41) is 3.10. The van der Waals surface area contributed by atoms with Crippen LogP contribution in [0.5, 0.6) is 0 Å². The van der Waals surface area contributed by atoms with Crippen LogP contribution in [-0.4, -0.2) is 21.4 Å². The van der Waals surface area contributed by atoms with Crippen molar-refractivity contribution in [2.75, 3.05) is 5.32 Å². The molecule has 6 nitrogen and oxygen atoms in total. The van der Waals surface area contributed by atoms with Gasteiger partial charge in [-0.2, -0.15) is 0 Å². The summed E-state index contributed by atoms with van der Waals surface area (Å²) in [5.41, 5.74) is 6.51. The summed E-state index contributed by atoms with van der Waals surface area (Å²) in [4.78, 5) is 28.9. The molecule has 1 unspecified atom stereocenters. The average Bonchev–Trinajstić information content (AvgIpc) is 3.46. The quantitative estimate of drug-likeness (QED) is 0.762. The molecule has 2 heterocycles. The van der Waals surface area contributed by atoms with Crippen molar-refractivity contribution in [1.82, 2.24) is 9.55 Å². The number of aromatic nitrogens is 2. The molecule has 3 saturated carbocycles. The number of benzene rings is 1. The third-order valence-corrected chi connectivity index (χ3v) is 8.84. The lowest BCUT2D eigenvalue weighted by molar-refractivity contribution is -0.122. The highest BCUT2D eigenvalue weighted by molar-refractivity contribution is 5.95. The van der Waals surface area contributed by atoms with Crippen molar-refractivity contribution in [2.24, 2.45) is 41.2 Å². The number of rotatable bonds is 3. The molecular formula is C26H30N4O2. The van der Waals surface area contributed by atoms with E-state index in [2.05, 4.69) is 33.2 Å². The SMILES string of the molecule is NC(=O)c1ccc(NC(=O)[C@@H]2CC[C@H]3[C@@H]4CCC5[C@H](C=Cc6nccn65)[C@H]4CC[C@@H]32)cc1. The van der Waals surface area contributed by atoms with E-state index < -0.39 is 5.91 Å². The van der Waals surface area contributed by atoms with Crippen molar-refractivity contribution in [3.63, 3.8) is 0 Å². The molecule has 0 bridgehead atoms. The van der Waals surface area contributed by atoms with Gasteiger partial charge in [-0.15, -0.1) is 0 Å². The molecular weight excluding hydrogens is 400 g/mol. The Kier molecular flexibility index (Phi) is 4.70. The lowest BCUT2D eigenvalue weighted by Gasteiger charge is -2.51. The lowest BCUT2D eigenvalue weighted by atomic mass is 9.56. The molecule has 7 atom stereocenters. The number of nitrogens with one attached hydrogen (secondary N) is 1. The molecule has 2 aromatic rings. The largest absolute Gasteiger partial charge is 0.366 e. The van der Waals surface area contributed by atoms with Gasteiger partial charge in [0.25, 0.3) is 0 Å². The minimum Gasteiger partial charge on any atom is -0.366 e. The molecule has 0 spiro atoms. The van der Waals surface area contributed by atoms with Crippen LogP contribution in [0.2, 0.25) is 0 Å². The number of primary amides is 1. The predicted octanol–water partition coefficient (Wildman–Crippen LogP) is 4.27. The maximum Gasteiger partial charge on any atom is 0.248 e. The number of nitrogens with zero attached hydrogens (tertiary/aromatic N) is 2. The lowest BCUT2D eigenvalue weighted by Crippen LogP contribution is -2.44. The maximum absolute atomic E-state index is 13.2. The minimum absolute atomic E-state index is 0.0941. The zero-order valence-corrected chi connectivity index (χ0v) is 18.2. The number of allylic oxidation sites excluding steroid dienone is 1. The molecule has 0 saturated heterocycles. The standard InChI is InChI=1S/C26H30N4O2/c27-25(31)15-1-3-16(4-2-15)29-26(32)22-8-7-17-18-9-11-23-21(19(18)5-6-20(17)22)10-12-24-28-13-14-30(23)24/h1-4,10,12-14,17-23H,5-9,11H2,(H2,27,31)(H,29,32)/t17-,18-,19-,20-,21+,22+,23?/m0/s1. The van der Waals surface area contributed by atoms with Crippen molar-refractivity contribution in [3.8, 4) is 0 Å². The van der Waals surface area contributed by atoms with Crippen molar-refractivity contribution in [2.45, 2.75) is 44.6 Å². The molecule has 6 rings (SSSR count). The number of carbonyl (C=O) groups excluding carboxylic acids is 2. The van der Waals surface area contributed by atoms with E-state index in [9.17, 15) is 9.59 Å². The number of amides is 2. The second-order valence-electron chi connectivity index (χ2n) is 10.1. The second kappa shape index (κ2) is 7.61. The summed E-state index contributed by atoms with van der Waals surface area (Å²) in [5.74, 6) is 4.10. The molecule has 2 amide bonds. The molecule has 0 radical (unpaired) electrons. The fourth-order valence-corrected chi connectivity index (χ4v) is 7.51. The average molecular weight is 431 g/mol. The van der Waals surface area contributed by atoms with Crippen LogP contribution in [0.1, 0.15) is 60.7 Å². The van der Waals surface area contributed by atoms with Crippen LogP contribution in [-0.2, 0) is 4.79 Å². The maximum atomic E-state index is 13.2. The van der Waals surface area contributed by atoms with Crippen molar-refractivity contribution < 1.29 is 9.59 Å². The summed E-state index contributed by atoms with van der Waals surface area (Å²) in [6, 6.07) is 7.43. The van der Waals surface area contributed by atoms with E-state index in [1.165, 1.54) is 25.7 Å². The zero-order valence-electron chi connectivity index (χ0n) is 18.2. The van der Waals surface area contributed by atoms with Gasteiger partial charge in [0.15, 0.2) is 0 Å². The highest BCUT2D eigenvalue weighted by Gasteiger charge is 2.52. The Morgan fingerprint density at radius 2 is 1.66 bits per heavy atom. The topological polar surface area (TPSA) is 90.0 Å². The molecule has 3 fully saturated rings. The molecule has 6 heteroatoms. The highest BCUT2D eigenvalue weighted by atomic mass is 16.2. The Labute approximate surface area is 188 Å². The van der Waals surface area contributed by atoms with Gasteiger partial charge in [0, 0.05) is 41.5 Å². The molecule has 32 heavy (non-hydrogen) atoms. The predicted molar refractivity (Wildman–Crippen MR) is 123 cm³/mol. The number of carbonyl (C=O) groups is 2. The number of fused-ring (bicyclic) bond motifs is 7. The summed E-state index contributed by atoms with van der Waals surface area (Å²) in [6.45, 7) is 0. The number of imidazole rings is 1. The fraction of sp³-hybridized carbons (Fsp3) is 0.500. The van der Waals surface area contributed by atoms with E-state index >= 15 is 0 Å². The molecule has 3 N–H and O–H groups in total. The number of nitrogens with two attached hydrogens (primary N) is 1. The Morgan fingerprint density at radius 3 is 2.47 bits per heavy atom. The highest BCUT2D eigenvalue weighted by Crippen LogP contribution is 2.58. The van der Waals surface area contributed by atoms with E-state index in [0.29, 0.717) is 29.4 Å². The summed E-state index contributed by atoms with van der Waals surface area (Å²) in [6.07, 6.45) is 15.7. The number of hydrogen-bond donors (Lipinski definition) is 2. The first-order valence-corrected chi connectivity index (χ1v) is 12.0. The Hall–Kier alpha value is -2.89. The van der Waals surface area contributed by atoms with E-state index in [-0.39, 0.29) is 11.8 Å². The van der Waals surface area contributed by atoms with Crippen LogP contribution >= 0.6 is 0 Å². The molecule has 4 aliphatic rings. The van der Waals surface area contributed by atoms with Crippen molar-refractivity contribution in [1.29, 1.82) is 0 Å². The number of hydrogen-bond acceptors (Lipinski definition) is 3. The monoisotopic (exact) mass is 430 g/mol. The minimum atomic E-state index is -0.454. The molecule has 1 aromatic heterocycles. The Morgan fingerprint density at radius 1 is 0.938 bits per heavy atom. The zero-order chi connectivity index (χ0) is 21.8. The first-order valence-electron chi connectivity index (χ1n) is 12.0. The van der Waals surface area contributed by atoms with Crippen LogP contribution < -0.4 is 11.1 Å². The molecule has 166 valence electrons. The molecule has 1 aliphatic heterocycles. The van der Waals surface area contributed by atoms with Crippen LogP contribution in [0.15, 0.2) is 42.7 Å². The normalized spacial score (nSPS) is 34.7. The smallest absolute Gasteiger partial charge is 0.248 e. The van der Waals surface area contributed by atoms with E-state index in [0.717, 1.165) is 36.2 Å². The first kappa shape index (κ1) is 19.8. The summed E-state index contributed by atoms with van der Waals surface area (Å²) >= 11 is 0. The van der Waals surface area contributed by atoms with Gasteiger partial charge in [-0.25, -0.2) is 4.98 Å². The van der Waals surface area contributed by atoms with Gasteiger partial charge in [-0.05, 0) is 92.5 Å². The van der Waals surface area contributed by atoms with Gasteiger partial charge in [-0.1, -0.05) is 6.08 Å². The van der Waals surface area contributed by atoms with Gasteiger partial charge >= 0.3 is 0 Å². The van der Waals surface area contributed by atoms with Gasteiger partial charge in [-0.3, -0.25) is 9.59 Å². The van der Waals surface area contributed by atoms with Crippen molar-refractivity contribution in [3.05, 3.63) is 54.1 Å². The van der Waals surface area contributed by atoms with Crippen LogP contribution in [0.3, 0.4) is 0 Å². The Bertz CT molecular complexity index is 1070. The summed E-state index contributed by atoms with van der Waals surface area (Å²) < 4.78 is 2.39. The first-order chi connectivity index (χ1) is 15.6. The molecule has 3 aliphatic carbocycles. The van der Waals surface area contributed by atoms with E-state index in [4.69, 9.17) is 5.73 Å². The van der Waals surface area contributed by atoms with Crippen molar-refractivity contribution >= 4 is 23.6 Å². The Balaban J connectivity index is 1.15. The third-order valence-electron chi connectivity index (χ3n) is 8.84. The van der Waals surface area contributed by atoms with Crippen LogP contribution in [0, 0.1) is 35.5 Å². The van der Waals surface area contributed by atoms with Gasteiger partial charge in [0.1, 0.15) is 5.82 Å². The third kappa shape index (κ3) is 3.11. The van der Waals surface area contributed by atoms with Crippen LogP contribution in [0.4, 0.5) is 5.69 Å². The second-order valence-corrected chi connectivity index (χ2v) is 10.1. The number of anilines is 1. The van der Waals surface area contributed by atoms with E-state index in [1.54, 1.807) is 24.3 Å². The summed E-state index contributed by atoms with van der Waals surface area (Å²) in [7, 11) is 0. The van der Waals surface area contributed by atoms with E-state index in [1.807, 2.05) is 6.20 Å². The van der Waals surface area contributed by atoms with Gasteiger partial charge in [0.05, 0.1) is 0 Å². The van der Waals surface area contributed by atoms with Gasteiger partial charge < -0.3 is 15.6 Å². The molecule has 1 aromatic carbocycles.